The molecule has 0 N–H and O–H groups in total. The summed E-state index contributed by atoms with van der Waals surface area (Å²) in [7, 11) is 0. The predicted octanol–water partition coefficient (Wildman–Crippen LogP) is 11.5. The molecule has 7 aromatic carbocycles. The summed E-state index contributed by atoms with van der Waals surface area (Å²) in [5, 5.41) is 7.76. The number of nitrogens with zero attached hydrogens (tertiary/aromatic N) is 3. The van der Waals surface area contributed by atoms with E-state index < -0.39 is 0 Å². The Morgan fingerprint density at radius 3 is 1.44 bits per heavy atom. The molecule has 0 fully saturated rings. The molecular weight excluding hydrogens is 611 g/mol. The summed E-state index contributed by atoms with van der Waals surface area (Å²) in [6.45, 7) is 2.30. The van der Waals surface area contributed by atoms with Crippen LogP contribution in [0.15, 0.2) is 176 Å². The molecule has 0 saturated carbocycles. The summed E-state index contributed by atoms with van der Waals surface area (Å²) in [6.07, 6.45) is 7.41. The Labute approximate surface area is 291 Å². The minimum Gasteiger partial charge on any atom is -0.458 e. The Kier molecular flexibility index (Phi) is 7.28. The third-order valence-electron chi connectivity index (χ3n) is 9.79. The van der Waals surface area contributed by atoms with Crippen molar-refractivity contribution in [3.8, 4) is 39.9 Å². The van der Waals surface area contributed by atoms with Crippen LogP contribution in [0.4, 0.5) is 0 Å². The van der Waals surface area contributed by atoms with Gasteiger partial charge in [-0.15, -0.1) is 0 Å². The fraction of sp³-hybridized carbons (Fsp3) is 0.0652. The molecule has 0 spiro atoms. The minimum absolute atomic E-state index is 0.150. The van der Waals surface area contributed by atoms with Crippen molar-refractivity contribution in [2.75, 3.05) is 0 Å². The lowest BCUT2D eigenvalue weighted by Crippen LogP contribution is -2.21. The number of aromatic nitrogens is 3. The van der Waals surface area contributed by atoms with Crippen LogP contribution < -0.4 is 4.74 Å². The van der Waals surface area contributed by atoms with Gasteiger partial charge in [-0.2, -0.15) is 0 Å². The molecule has 0 amide bonds. The Morgan fingerprint density at radius 2 is 0.940 bits per heavy atom. The zero-order valence-corrected chi connectivity index (χ0v) is 27.6. The summed E-state index contributed by atoms with van der Waals surface area (Å²) < 4.78 is 6.36. The van der Waals surface area contributed by atoms with Crippen LogP contribution >= 0.6 is 0 Å². The third kappa shape index (κ3) is 5.41. The third-order valence-corrected chi connectivity index (χ3v) is 9.79. The van der Waals surface area contributed by atoms with Gasteiger partial charge in [0, 0.05) is 22.1 Å². The van der Waals surface area contributed by atoms with Crippen LogP contribution in [0.25, 0.3) is 66.5 Å². The molecule has 0 bridgehead atoms. The van der Waals surface area contributed by atoms with E-state index in [1.807, 2.05) is 84.9 Å². The highest BCUT2D eigenvalue weighted by molar-refractivity contribution is 6.25. The summed E-state index contributed by atoms with van der Waals surface area (Å²) in [4.78, 5) is 14.5. The molecule has 0 saturated heterocycles. The monoisotopic (exact) mass is 643 g/mol. The van der Waals surface area contributed by atoms with E-state index in [0.717, 1.165) is 34.6 Å². The average molecular weight is 644 g/mol. The summed E-state index contributed by atoms with van der Waals surface area (Å²) in [5.41, 5.74) is 3.93. The first-order valence-corrected chi connectivity index (χ1v) is 17.0. The maximum absolute atomic E-state index is 6.36. The van der Waals surface area contributed by atoms with Gasteiger partial charge in [-0.1, -0.05) is 134 Å². The number of benzene rings is 7. The van der Waals surface area contributed by atoms with E-state index in [1.54, 1.807) is 0 Å². The maximum atomic E-state index is 6.36. The highest BCUT2D eigenvalue weighted by Crippen LogP contribution is 2.40. The van der Waals surface area contributed by atoms with E-state index in [1.165, 1.54) is 37.9 Å². The minimum atomic E-state index is -0.150. The molecule has 1 aromatic heterocycles. The van der Waals surface area contributed by atoms with Crippen molar-refractivity contribution in [2.24, 2.45) is 0 Å². The van der Waals surface area contributed by atoms with Crippen LogP contribution in [0.5, 0.6) is 5.75 Å². The number of ether oxygens (including phenoxy) is 1. The van der Waals surface area contributed by atoms with Gasteiger partial charge in [-0.25, -0.2) is 15.0 Å². The van der Waals surface area contributed by atoms with Crippen LogP contribution in [-0.2, 0) is 5.41 Å². The van der Waals surface area contributed by atoms with E-state index in [9.17, 15) is 0 Å². The van der Waals surface area contributed by atoms with Gasteiger partial charge in [-0.3, -0.25) is 0 Å². The van der Waals surface area contributed by atoms with Crippen LogP contribution in [0, 0.1) is 0 Å². The molecule has 238 valence electrons. The largest absolute Gasteiger partial charge is 0.458 e. The van der Waals surface area contributed by atoms with Crippen molar-refractivity contribution in [2.45, 2.75) is 18.8 Å². The summed E-state index contributed by atoms with van der Waals surface area (Å²) >= 11 is 0. The molecule has 1 aliphatic carbocycles. The first kappa shape index (κ1) is 29.7. The second-order valence-electron chi connectivity index (χ2n) is 13.1. The smallest absolute Gasteiger partial charge is 0.164 e. The molecule has 1 heterocycles. The van der Waals surface area contributed by atoms with Crippen molar-refractivity contribution in [1.29, 1.82) is 0 Å². The zero-order valence-electron chi connectivity index (χ0n) is 27.6. The van der Waals surface area contributed by atoms with E-state index in [2.05, 4.69) is 91.9 Å². The molecule has 1 unspecified atom stereocenters. The van der Waals surface area contributed by atoms with Gasteiger partial charge in [0.1, 0.15) is 11.5 Å². The second-order valence-corrected chi connectivity index (χ2v) is 13.1. The van der Waals surface area contributed by atoms with Gasteiger partial charge < -0.3 is 4.74 Å². The SMILES string of the molecule is CC1(c2ccc3c4ccccc4c4ccccc4c3c2)C=CC(Oc2ccc(-c3nc(-c4ccccc4)nc(-c4ccccc4)n3)cc2)=CC1. The average Bonchev–Trinajstić information content (AvgIpc) is 3.19. The van der Waals surface area contributed by atoms with Gasteiger partial charge in [0.2, 0.25) is 0 Å². The molecule has 1 atom stereocenters. The van der Waals surface area contributed by atoms with Crippen LogP contribution in [0.3, 0.4) is 0 Å². The number of allylic oxidation sites excluding steroid dienone is 3. The zero-order chi connectivity index (χ0) is 33.5. The van der Waals surface area contributed by atoms with E-state index in [-0.39, 0.29) is 5.41 Å². The lowest BCUT2D eigenvalue weighted by atomic mass is 9.76. The maximum Gasteiger partial charge on any atom is 0.164 e. The van der Waals surface area contributed by atoms with Crippen molar-refractivity contribution in [1.82, 2.24) is 15.0 Å². The molecular formula is C46H33N3O. The number of hydrogen-bond donors (Lipinski definition) is 0. The van der Waals surface area contributed by atoms with Gasteiger partial charge in [-0.05, 0) is 86.8 Å². The van der Waals surface area contributed by atoms with Gasteiger partial charge in [0.15, 0.2) is 17.5 Å². The Balaban J connectivity index is 0.975. The molecule has 0 radical (unpaired) electrons. The summed E-state index contributed by atoms with van der Waals surface area (Å²) in [5.74, 6) is 3.50. The van der Waals surface area contributed by atoms with Crippen molar-refractivity contribution < 1.29 is 4.74 Å². The molecule has 0 aliphatic heterocycles. The normalized spacial score (nSPS) is 15.7. The fourth-order valence-corrected chi connectivity index (χ4v) is 7.01. The first-order chi connectivity index (χ1) is 24.6. The second kappa shape index (κ2) is 12.2. The molecule has 8 aromatic rings. The van der Waals surface area contributed by atoms with Gasteiger partial charge in [0.05, 0.1) is 0 Å². The van der Waals surface area contributed by atoms with Gasteiger partial charge in [0.25, 0.3) is 0 Å². The quantitative estimate of drug-likeness (QED) is 0.169. The number of fused-ring (bicyclic) bond motifs is 6. The number of rotatable bonds is 6. The molecule has 4 heteroatoms. The molecule has 4 nitrogen and oxygen atoms in total. The first-order valence-electron chi connectivity index (χ1n) is 17.0. The summed E-state index contributed by atoms with van der Waals surface area (Å²) in [6, 6.07) is 52.5. The van der Waals surface area contributed by atoms with Crippen LogP contribution in [0.1, 0.15) is 18.9 Å². The standard InChI is InChI=1S/C46H33N3O/c1-46(34-22-25-41-39-18-9-8-16-37(39)38-17-10-11-19-40(38)42(41)30-34)28-26-36(27-29-46)50-35-23-20-33(21-24-35)45-48-43(31-12-4-2-5-13-31)47-44(49-45)32-14-6-3-7-15-32/h2-28,30H,29H2,1H3. The molecule has 50 heavy (non-hydrogen) atoms. The molecule has 1 aliphatic rings. The Morgan fingerprint density at radius 1 is 0.480 bits per heavy atom. The van der Waals surface area contributed by atoms with E-state index in [4.69, 9.17) is 19.7 Å². The van der Waals surface area contributed by atoms with E-state index in [0.29, 0.717) is 17.5 Å². The van der Waals surface area contributed by atoms with Crippen molar-refractivity contribution >= 4 is 32.3 Å². The van der Waals surface area contributed by atoms with Crippen LogP contribution in [0.2, 0.25) is 0 Å². The lowest BCUT2D eigenvalue weighted by Gasteiger charge is -2.29. The number of hydrogen-bond acceptors (Lipinski definition) is 4. The van der Waals surface area contributed by atoms with Crippen molar-refractivity contribution in [3.05, 3.63) is 181 Å². The van der Waals surface area contributed by atoms with Crippen molar-refractivity contribution in [3.63, 3.8) is 0 Å². The predicted molar refractivity (Wildman–Crippen MR) is 205 cm³/mol. The van der Waals surface area contributed by atoms with Gasteiger partial charge >= 0.3 is 0 Å². The topological polar surface area (TPSA) is 47.9 Å². The molecule has 9 rings (SSSR count). The van der Waals surface area contributed by atoms with Crippen LogP contribution in [-0.4, -0.2) is 15.0 Å². The Hall–Kier alpha value is -6.39. The van der Waals surface area contributed by atoms with E-state index >= 15 is 0 Å². The Bertz CT molecular complexity index is 2500. The highest BCUT2D eigenvalue weighted by atomic mass is 16.5. The fourth-order valence-electron chi connectivity index (χ4n) is 7.01. The lowest BCUT2D eigenvalue weighted by molar-refractivity contribution is 0.429. The highest BCUT2D eigenvalue weighted by Gasteiger charge is 2.26.